The highest BCUT2D eigenvalue weighted by Gasteiger charge is 2.05. The summed E-state index contributed by atoms with van der Waals surface area (Å²) in [4.78, 5) is 2.14. The zero-order valence-corrected chi connectivity index (χ0v) is 7.96. The summed E-state index contributed by atoms with van der Waals surface area (Å²) in [7, 11) is 7.53. The van der Waals surface area contributed by atoms with Gasteiger partial charge >= 0.3 is 0 Å². The van der Waals surface area contributed by atoms with E-state index < -0.39 is 0 Å². The van der Waals surface area contributed by atoms with Gasteiger partial charge in [0, 0.05) is 20.8 Å². The summed E-state index contributed by atoms with van der Waals surface area (Å²) >= 11 is 0. The SMILES string of the molecule is COCC(CCN(C)C)OC. The van der Waals surface area contributed by atoms with E-state index in [4.69, 9.17) is 9.47 Å². The van der Waals surface area contributed by atoms with Crippen LogP contribution in [0.15, 0.2) is 0 Å². The van der Waals surface area contributed by atoms with E-state index in [1.807, 2.05) is 0 Å². The van der Waals surface area contributed by atoms with E-state index in [2.05, 4.69) is 19.0 Å². The van der Waals surface area contributed by atoms with Crippen LogP contribution in [0.2, 0.25) is 0 Å². The molecule has 0 rings (SSSR count). The Bertz CT molecular complexity index is 86.2. The maximum Gasteiger partial charge on any atom is 0.0816 e. The summed E-state index contributed by atoms with van der Waals surface area (Å²) in [6.07, 6.45) is 1.26. The van der Waals surface area contributed by atoms with E-state index in [9.17, 15) is 0 Å². The smallest absolute Gasteiger partial charge is 0.0816 e. The Kier molecular flexibility index (Phi) is 6.51. The van der Waals surface area contributed by atoms with Gasteiger partial charge in [-0.05, 0) is 20.5 Å². The maximum atomic E-state index is 5.19. The molecule has 0 amide bonds. The lowest BCUT2D eigenvalue weighted by atomic mass is 10.2. The summed E-state index contributed by atoms with van der Waals surface area (Å²) in [5.74, 6) is 0. The highest BCUT2D eigenvalue weighted by Crippen LogP contribution is 1.97. The number of hydrogen-bond acceptors (Lipinski definition) is 3. The number of ether oxygens (including phenoxy) is 2. The Morgan fingerprint density at radius 3 is 2.27 bits per heavy atom. The van der Waals surface area contributed by atoms with Gasteiger partial charge in [0.25, 0.3) is 0 Å². The van der Waals surface area contributed by atoms with Crippen LogP contribution in [0.3, 0.4) is 0 Å². The first-order valence-corrected chi connectivity index (χ1v) is 3.87. The van der Waals surface area contributed by atoms with Crippen LogP contribution in [0.1, 0.15) is 6.42 Å². The molecule has 0 aromatic heterocycles. The second-order valence-electron chi connectivity index (χ2n) is 2.91. The normalized spacial score (nSPS) is 13.9. The molecule has 11 heavy (non-hydrogen) atoms. The lowest BCUT2D eigenvalue weighted by Crippen LogP contribution is -2.24. The molecule has 1 unspecified atom stereocenters. The predicted octanol–water partition coefficient (Wildman–Crippen LogP) is 0.600. The molecule has 0 N–H and O–H groups in total. The Morgan fingerprint density at radius 1 is 1.27 bits per heavy atom. The van der Waals surface area contributed by atoms with E-state index in [0.29, 0.717) is 6.61 Å². The van der Waals surface area contributed by atoms with Gasteiger partial charge in [-0.1, -0.05) is 0 Å². The first kappa shape index (κ1) is 10.9. The minimum absolute atomic E-state index is 0.238. The maximum absolute atomic E-state index is 5.19. The Balaban J connectivity index is 3.35. The van der Waals surface area contributed by atoms with E-state index in [1.54, 1.807) is 14.2 Å². The molecule has 0 aliphatic rings. The molecule has 3 heteroatoms. The van der Waals surface area contributed by atoms with Crippen LogP contribution in [0.25, 0.3) is 0 Å². The third-order valence-corrected chi connectivity index (χ3v) is 1.58. The van der Waals surface area contributed by atoms with Crippen LogP contribution in [0.4, 0.5) is 0 Å². The van der Waals surface area contributed by atoms with Crippen molar-refractivity contribution in [3.63, 3.8) is 0 Å². The molecule has 0 bridgehead atoms. The Morgan fingerprint density at radius 2 is 1.91 bits per heavy atom. The van der Waals surface area contributed by atoms with E-state index in [1.165, 1.54) is 0 Å². The van der Waals surface area contributed by atoms with Gasteiger partial charge in [0.15, 0.2) is 0 Å². The van der Waals surface area contributed by atoms with Gasteiger partial charge in [0.2, 0.25) is 0 Å². The second kappa shape index (κ2) is 6.58. The monoisotopic (exact) mass is 161 g/mol. The molecule has 68 valence electrons. The van der Waals surface area contributed by atoms with Crippen molar-refractivity contribution < 1.29 is 9.47 Å². The van der Waals surface area contributed by atoms with Crippen LogP contribution >= 0.6 is 0 Å². The molecule has 0 aliphatic carbocycles. The van der Waals surface area contributed by atoms with Gasteiger partial charge in [-0.25, -0.2) is 0 Å². The van der Waals surface area contributed by atoms with E-state index in [-0.39, 0.29) is 6.10 Å². The molecule has 0 aromatic carbocycles. The summed E-state index contributed by atoms with van der Waals surface area (Å²) in [5.41, 5.74) is 0. The number of methoxy groups -OCH3 is 2. The van der Waals surface area contributed by atoms with Crippen molar-refractivity contribution in [1.29, 1.82) is 0 Å². The zero-order chi connectivity index (χ0) is 8.69. The summed E-state index contributed by atoms with van der Waals surface area (Å²) in [6.45, 7) is 1.73. The first-order valence-electron chi connectivity index (χ1n) is 3.87. The molecular formula is C8H19NO2. The molecule has 0 saturated heterocycles. The highest BCUT2D eigenvalue weighted by atomic mass is 16.5. The average Bonchev–Trinajstić information content (AvgIpc) is 1.97. The summed E-state index contributed by atoms with van der Waals surface area (Å²) in [5, 5.41) is 0. The number of nitrogens with zero attached hydrogens (tertiary/aromatic N) is 1. The third kappa shape index (κ3) is 6.28. The van der Waals surface area contributed by atoms with Crippen molar-refractivity contribution in [3.05, 3.63) is 0 Å². The van der Waals surface area contributed by atoms with Crippen molar-refractivity contribution in [2.24, 2.45) is 0 Å². The van der Waals surface area contributed by atoms with Gasteiger partial charge < -0.3 is 14.4 Å². The van der Waals surface area contributed by atoms with Crippen LogP contribution < -0.4 is 0 Å². The molecule has 0 saturated carbocycles. The standard InChI is InChI=1S/C8H19NO2/c1-9(2)6-5-8(11-4)7-10-3/h8H,5-7H2,1-4H3. The second-order valence-corrected chi connectivity index (χ2v) is 2.91. The van der Waals surface area contributed by atoms with E-state index in [0.717, 1.165) is 13.0 Å². The lowest BCUT2D eigenvalue weighted by molar-refractivity contribution is 0.0199. The molecule has 0 spiro atoms. The largest absolute Gasteiger partial charge is 0.382 e. The van der Waals surface area contributed by atoms with Crippen LogP contribution in [0.5, 0.6) is 0 Å². The Labute approximate surface area is 69.3 Å². The fourth-order valence-corrected chi connectivity index (χ4v) is 0.857. The fourth-order valence-electron chi connectivity index (χ4n) is 0.857. The van der Waals surface area contributed by atoms with Gasteiger partial charge in [0.05, 0.1) is 12.7 Å². The van der Waals surface area contributed by atoms with Crippen molar-refractivity contribution in [2.45, 2.75) is 12.5 Å². The van der Waals surface area contributed by atoms with Crippen molar-refractivity contribution in [1.82, 2.24) is 4.90 Å². The molecule has 0 aliphatic heterocycles. The summed E-state index contributed by atoms with van der Waals surface area (Å²) in [6, 6.07) is 0. The zero-order valence-electron chi connectivity index (χ0n) is 7.96. The molecule has 3 nitrogen and oxygen atoms in total. The van der Waals surface area contributed by atoms with E-state index >= 15 is 0 Å². The molecular weight excluding hydrogens is 142 g/mol. The highest BCUT2D eigenvalue weighted by molar-refractivity contribution is 4.57. The number of rotatable bonds is 6. The van der Waals surface area contributed by atoms with Gasteiger partial charge in [-0.15, -0.1) is 0 Å². The molecule has 1 atom stereocenters. The molecule has 0 heterocycles. The minimum atomic E-state index is 0.238. The first-order chi connectivity index (χ1) is 5.20. The molecule has 0 radical (unpaired) electrons. The summed E-state index contributed by atoms with van der Waals surface area (Å²) < 4.78 is 10.2. The minimum Gasteiger partial charge on any atom is -0.382 e. The van der Waals surface area contributed by atoms with Crippen LogP contribution in [-0.2, 0) is 9.47 Å². The topological polar surface area (TPSA) is 21.7 Å². The van der Waals surface area contributed by atoms with Gasteiger partial charge in [-0.3, -0.25) is 0 Å². The quantitative estimate of drug-likeness (QED) is 0.569. The van der Waals surface area contributed by atoms with Crippen LogP contribution in [-0.4, -0.2) is 52.5 Å². The predicted molar refractivity (Wildman–Crippen MR) is 45.8 cm³/mol. The van der Waals surface area contributed by atoms with Crippen molar-refractivity contribution >= 4 is 0 Å². The van der Waals surface area contributed by atoms with Crippen molar-refractivity contribution in [2.75, 3.05) is 41.5 Å². The van der Waals surface area contributed by atoms with Crippen LogP contribution in [0, 0.1) is 0 Å². The van der Waals surface area contributed by atoms with Gasteiger partial charge in [0.1, 0.15) is 0 Å². The Hall–Kier alpha value is -0.120. The molecule has 0 aromatic rings. The lowest BCUT2D eigenvalue weighted by Gasteiger charge is -2.16. The third-order valence-electron chi connectivity index (χ3n) is 1.58. The average molecular weight is 161 g/mol. The van der Waals surface area contributed by atoms with Crippen molar-refractivity contribution in [3.8, 4) is 0 Å². The fraction of sp³-hybridized carbons (Fsp3) is 1.00. The molecule has 0 fully saturated rings. The van der Waals surface area contributed by atoms with Gasteiger partial charge in [-0.2, -0.15) is 0 Å². The number of hydrogen-bond donors (Lipinski definition) is 0.